The van der Waals surface area contributed by atoms with Crippen LogP contribution in [0.15, 0.2) is 70.9 Å². The van der Waals surface area contributed by atoms with Crippen LogP contribution in [0.2, 0.25) is 0 Å². The molecule has 0 spiro atoms. The predicted octanol–water partition coefficient (Wildman–Crippen LogP) is 8.32. The van der Waals surface area contributed by atoms with E-state index >= 15 is 0 Å². The number of halogens is 6. The summed E-state index contributed by atoms with van der Waals surface area (Å²) in [6, 6.07) is 0. The molecule has 2 nitrogen and oxygen atoms in total. The Balaban J connectivity index is 0.000000339. The van der Waals surface area contributed by atoms with Gasteiger partial charge in [0.2, 0.25) is 0 Å². The van der Waals surface area contributed by atoms with E-state index in [9.17, 15) is 0 Å². The van der Waals surface area contributed by atoms with Gasteiger partial charge < -0.3 is 4.74 Å². The fourth-order valence-electron chi connectivity index (χ4n) is 4.43. The van der Waals surface area contributed by atoms with Crippen molar-refractivity contribution in [2.45, 2.75) is 25.7 Å². The minimum absolute atomic E-state index is 0.695. The number of methoxy groups -OCH3 is 1. The van der Waals surface area contributed by atoms with Crippen molar-refractivity contribution in [3.05, 3.63) is 77.0 Å². The first kappa shape index (κ1) is 26.2. The molecule has 0 atom stereocenters. The molecule has 2 bridgehead atoms. The van der Waals surface area contributed by atoms with E-state index in [1.807, 2.05) is 0 Å². The Hall–Kier alpha value is 0.628. The van der Waals surface area contributed by atoms with Gasteiger partial charge in [-0.3, -0.25) is 4.42 Å². The van der Waals surface area contributed by atoms with Gasteiger partial charge >= 0.3 is 67.9 Å². The number of ether oxygens (including phenoxy) is 1. The van der Waals surface area contributed by atoms with Crippen LogP contribution in [0.1, 0.15) is 25.7 Å². The van der Waals surface area contributed by atoms with Crippen molar-refractivity contribution in [3.63, 3.8) is 0 Å². The standard InChI is InChI=1S/C22H24O2.6ClH.Sb/c1-23-19-11-7-17(8-12-19)21-15-3-5-16(6-4-15)22(21)18-9-13-20(24-2)14-10-18;;;;;;;/h7-16H,3-6H2,1-2H3;6*1H;/q+1;;;;;;;+5/p-6. The van der Waals surface area contributed by atoms with Crippen molar-refractivity contribution in [1.82, 2.24) is 0 Å². The summed E-state index contributed by atoms with van der Waals surface area (Å²) < 4.78 is 10.7. The molecular weight excluding hydrogens is 631 g/mol. The summed E-state index contributed by atoms with van der Waals surface area (Å²) in [5.41, 5.74) is 5.84. The van der Waals surface area contributed by atoms with Crippen LogP contribution in [0.25, 0.3) is 0 Å². The Morgan fingerprint density at radius 3 is 1.39 bits per heavy atom. The average Bonchev–Trinajstić information content (AvgIpc) is 2.72. The molecule has 171 valence electrons. The molecule has 0 heterocycles. The molecule has 0 amide bonds. The average molecular weight is 655 g/mol. The number of ketones is 1. The van der Waals surface area contributed by atoms with E-state index in [4.69, 9.17) is 62.1 Å². The molecule has 3 fully saturated rings. The normalized spacial score (nSPS) is 27.8. The summed E-state index contributed by atoms with van der Waals surface area (Å²) in [6.07, 6.45) is 23.4. The fourth-order valence-corrected chi connectivity index (χ4v) is 4.43. The van der Waals surface area contributed by atoms with Crippen LogP contribution in [0.3, 0.4) is 0 Å². The third-order valence-corrected chi connectivity index (χ3v) is 5.64. The zero-order chi connectivity index (χ0) is 22.9. The Morgan fingerprint density at radius 2 is 1.06 bits per heavy atom. The molecule has 3 saturated carbocycles. The minimum atomic E-state index is -5.42. The van der Waals surface area contributed by atoms with Gasteiger partial charge in [0.15, 0.2) is 0 Å². The van der Waals surface area contributed by atoms with Crippen molar-refractivity contribution < 1.29 is 9.16 Å². The van der Waals surface area contributed by atoms with Crippen LogP contribution in [0.5, 0.6) is 0 Å². The molecule has 0 saturated heterocycles. The summed E-state index contributed by atoms with van der Waals surface area (Å²) in [5.74, 6) is 2.31. The summed E-state index contributed by atoms with van der Waals surface area (Å²) in [7, 11) is 28.4. The van der Waals surface area contributed by atoms with E-state index < -0.39 is 9.14 Å². The number of carbonyl (C=O) groups excluding carboxylic acids is 1. The van der Waals surface area contributed by atoms with Gasteiger partial charge in [-0.25, -0.2) is 0 Å². The van der Waals surface area contributed by atoms with Gasteiger partial charge in [-0.15, -0.1) is 0 Å². The van der Waals surface area contributed by atoms with Crippen molar-refractivity contribution in [3.8, 4) is 0 Å². The van der Waals surface area contributed by atoms with Crippen molar-refractivity contribution in [2.24, 2.45) is 11.8 Å². The molecule has 5 aliphatic rings. The van der Waals surface area contributed by atoms with Gasteiger partial charge in [0.25, 0.3) is 7.11 Å². The molecule has 31 heavy (non-hydrogen) atoms. The first-order chi connectivity index (χ1) is 14.2. The molecule has 0 N–H and O–H groups in total. The van der Waals surface area contributed by atoms with Gasteiger partial charge in [-0.1, -0.05) is 12.2 Å². The number of fused-ring (bicyclic) bond motifs is 3. The number of hydrogen-bond acceptors (Lipinski definition) is 1. The second kappa shape index (κ2) is 9.35. The Labute approximate surface area is 204 Å². The maximum atomic E-state index is 5.33. The van der Waals surface area contributed by atoms with Crippen LogP contribution in [-0.2, 0) is 9.16 Å². The van der Waals surface area contributed by atoms with Crippen LogP contribution < -0.4 is 0 Å². The quantitative estimate of drug-likeness (QED) is 0.206. The first-order valence-corrected chi connectivity index (χ1v) is 29.2. The van der Waals surface area contributed by atoms with Gasteiger partial charge in [-0.05, 0) is 84.1 Å². The van der Waals surface area contributed by atoms with Crippen LogP contribution in [0.4, 0.5) is 0 Å². The predicted molar refractivity (Wildman–Crippen MR) is 138 cm³/mol. The molecule has 9 heteroatoms. The SMILES string of the molecule is CO[C]1C=CC(=C2C(=C3C=CC(=[O+]C)C=C3)C3CCC2CC3)C=C1.[Cl][Sb-]([Cl])([Cl])([Cl])([Cl])[Cl]. The molecule has 0 aliphatic heterocycles. The number of rotatable bonds is 1. The van der Waals surface area contributed by atoms with Crippen molar-refractivity contribution >= 4 is 67.9 Å². The molecular formula is C22H24Cl6O2Sb. The Kier molecular flexibility index (Phi) is 7.91. The van der Waals surface area contributed by atoms with E-state index in [-0.39, 0.29) is 0 Å². The van der Waals surface area contributed by atoms with Gasteiger partial charge in [0.1, 0.15) is 6.10 Å². The second-order valence-electron chi connectivity index (χ2n) is 7.79. The fraction of sp³-hybridized carbons (Fsp3) is 0.364. The Bertz CT molecular complexity index is 895. The van der Waals surface area contributed by atoms with Crippen molar-refractivity contribution in [2.75, 3.05) is 14.2 Å². The van der Waals surface area contributed by atoms with Gasteiger partial charge in [0.05, 0.1) is 0 Å². The van der Waals surface area contributed by atoms with Gasteiger partial charge in [0, 0.05) is 19.3 Å². The number of allylic oxidation sites excluding steroid dienone is 10. The monoisotopic (exact) mass is 651 g/mol. The molecule has 0 unspecified atom stereocenters. The summed E-state index contributed by atoms with van der Waals surface area (Å²) in [4.78, 5) is 0. The van der Waals surface area contributed by atoms with Crippen LogP contribution in [-0.4, -0.2) is 29.1 Å². The van der Waals surface area contributed by atoms with Crippen LogP contribution in [0, 0.1) is 17.9 Å². The second-order valence-corrected chi connectivity index (χ2v) is 64.7. The van der Waals surface area contributed by atoms with E-state index in [2.05, 4.69) is 48.6 Å². The summed E-state index contributed by atoms with van der Waals surface area (Å²) in [5, 5.41) is 0. The number of hydrogen-bond donors (Lipinski definition) is 0. The molecule has 0 aromatic rings. The van der Waals surface area contributed by atoms with E-state index in [1.54, 1.807) is 25.4 Å². The topological polar surface area (TPSA) is 20.5 Å². The molecule has 1 radical (unpaired) electrons. The van der Waals surface area contributed by atoms with Gasteiger partial charge in [-0.2, -0.15) is 0 Å². The Morgan fingerprint density at radius 1 is 0.710 bits per heavy atom. The molecule has 5 rings (SSSR count). The maximum absolute atomic E-state index is 5.42. The van der Waals surface area contributed by atoms with Crippen molar-refractivity contribution in [1.29, 1.82) is 0 Å². The first-order valence-electron chi connectivity index (χ1n) is 9.84. The van der Waals surface area contributed by atoms with E-state index in [0.717, 1.165) is 11.9 Å². The van der Waals surface area contributed by atoms with E-state index in [1.165, 1.54) is 36.8 Å². The summed E-state index contributed by atoms with van der Waals surface area (Å²) in [6.45, 7) is 0. The third kappa shape index (κ3) is 8.41. The zero-order valence-electron chi connectivity index (χ0n) is 17.1. The summed E-state index contributed by atoms with van der Waals surface area (Å²) >= 11 is 0. The molecule has 0 aromatic carbocycles. The van der Waals surface area contributed by atoms with Crippen LogP contribution >= 0.6 is 53.0 Å². The third-order valence-electron chi connectivity index (χ3n) is 5.64. The van der Waals surface area contributed by atoms with E-state index in [0.29, 0.717) is 11.8 Å². The molecule has 0 aromatic heterocycles. The molecule has 5 aliphatic carbocycles. The zero-order valence-corrected chi connectivity index (χ0v) is 24.2.